The van der Waals surface area contributed by atoms with E-state index in [1.54, 1.807) is 12.1 Å². The van der Waals surface area contributed by atoms with Gasteiger partial charge in [0.2, 0.25) is 0 Å². The first-order chi connectivity index (χ1) is 10.5. The van der Waals surface area contributed by atoms with Crippen molar-refractivity contribution in [3.63, 3.8) is 0 Å². The van der Waals surface area contributed by atoms with Gasteiger partial charge in [-0.1, -0.05) is 38.3 Å². The van der Waals surface area contributed by atoms with E-state index in [0.717, 1.165) is 12.8 Å². The van der Waals surface area contributed by atoms with Crippen molar-refractivity contribution in [3.8, 4) is 11.5 Å². The number of benzene rings is 1. The third-order valence-electron chi connectivity index (χ3n) is 4.72. The maximum absolute atomic E-state index is 12.5. The number of hydrogen-bond acceptors (Lipinski definition) is 3. The maximum Gasteiger partial charge on any atom is 0.251 e. The molecule has 1 saturated carbocycles. The first kappa shape index (κ1) is 16.9. The Bertz CT molecular complexity index is 547. The second-order valence-corrected chi connectivity index (χ2v) is 6.45. The van der Waals surface area contributed by atoms with Crippen molar-refractivity contribution in [1.29, 1.82) is 0 Å². The number of hydrogen-bond donors (Lipinski definition) is 1. The molecule has 5 heteroatoms. The van der Waals surface area contributed by atoms with E-state index in [1.807, 2.05) is 0 Å². The van der Waals surface area contributed by atoms with Gasteiger partial charge in [-0.15, -0.1) is 0 Å². The summed E-state index contributed by atoms with van der Waals surface area (Å²) in [5, 5.41) is 3.51. The highest BCUT2D eigenvalue weighted by molar-refractivity contribution is 6.32. The first-order valence-corrected chi connectivity index (χ1v) is 8.08. The number of ether oxygens (including phenoxy) is 2. The number of halogens is 1. The van der Waals surface area contributed by atoms with E-state index in [0.29, 0.717) is 33.9 Å². The number of nitrogens with one attached hydrogen (secondary N) is 1. The normalized spacial score (nSPS) is 24.7. The predicted octanol–water partition coefficient (Wildman–Crippen LogP) is 3.91. The van der Waals surface area contributed by atoms with Crippen LogP contribution in [-0.2, 0) is 0 Å². The Labute approximate surface area is 137 Å². The summed E-state index contributed by atoms with van der Waals surface area (Å²) < 4.78 is 10.4. The highest BCUT2D eigenvalue weighted by Crippen LogP contribution is 2.36. The summed E-state index contributed by atoms with van der Waals surface area (Å²) >= 11 is 6.17. The molecular formula is C17H24ClNO3. The zero-order chi connectivity index (χ0) is 16.3. The fourth-order valence-corrected chi connectivity index (χ4v) is 3.37. The summed E-state index contributed by atoms with van der Waals surface area (Å²) in [5.41, 5.74) is 0.494. The van der Waals surface area contributed by atoms with Crippen LogP contribution in [0.2, 0.25) is 5.02 Å². The molecule has 3 atom stereocenters. The van der Waals surface area contributed by atoms with Crippen molar-refractivity contribution in [2.75, 3.05) is 14.2 Å². The van der Waals surface area contributed by atoms with E-state index >= 15 is 0 Å². The Morgan fingerprint density at radius 2 is 1.95 bits per heavy atom. The van der Waals surface area contributed by atoms with Crippen molar-refractivity contribution < 1.29 is 14.3 Å². The molecule has 0 bridgehead atoms. The van der Waals surface area contributed by atoms with Crippen LogP contribution in [0.1, 0.15) is 43.5 Å². The molecule has 1 amide bonds. The van der Waals surface area contributed by atoms with Gasteiger partial charge in [0.15, 0.2) is 11.5 Å². The van der Waals surface area contributed by atoms with Crippen LogP contribution < -0.4 is 14.8 Å². The van der Waals surface area contributed by atoms with Crippen LogP contribution in [0.3, 0.4) is 0 Å². The van der Waals surface area contributed by atoms with Gasteiger partial charge in [0, 0.05) is 11.6 Å². The summed E-state index contributed by atoms with van der Waals surface area (Å²) in [6.45, 7) is 4.45. The highest BCUT2D eigenvalue weighted by Gasteiger charge is 2.28. The standard InChI is InChI=1S/C17H24ClNO3/c1-10-6-5-7-14(11(10)2)19-17(20)12-8-13(18)16(22-4)15(9-12)21-3/h8-11,14H,5-7H2,1-4H3,(H,19,20)/t10-,11+,14-/m1/s1. The summed E-state index contributed by atoms with van der Waals surface area (Å²) in [4.78, 5) is 12.5. The Morgan fingerprint density at radius 1 is 1.23 bits per heavy atom. The molecule has 0 saturated heterocycles. The van der Waals surface area contributed by atoms with Gasteiger partial charge in [0.1, 0.15) is 0 Å². The van der Waals surface area contributed by atoms with Gasteiger partial charge < -0.3 is 14.8 Å². The summed E-state index contributed by atoms with van der Waals surface area (Å²) in [6, 6.07) is 3.50. The van der Waals surface area contributed by atoms with Crippen molar-refractivity contribution in [2.24, 2.45) is 11.8 Å². The van der Waals surface area contributed by atoms with Crippen LogP contribution in [0, 0.1) is 11.8 Å². The molecule has 22 heavy (non-hydrogen) atoms. The molecule has 0 unspecified atom stereocenters. The van der Waals surface area contributed by atoms with Crippen LogP contribution in [-0.4, -0.2) is 26.2 Å². The molecule has 0 spiro atoms. The molecule has 1 aliphatic rings. The third-order valence-corrected chi connectivity index (χ3v) is 5.00. The molecular weight excluding hydrogens is 302 g/mol. The lowest BCUT2D eigenvalue weighted by Gasteiger charge is -2.34. The second kappa shape index (κ2) is 7.23. The topological polar surface area (TPSA) is 47.6 Å². The Balaban J connectivity index is 2.17. The van der Waals surface area contributed by atoms with Crippen LogP contribution >= 0.6 is 11.6 Å². The average molecular weight is 326 g/mol. The van der Waals surface area contributed by atoms with Crippen LogP contribution in [0.25, 0.3) is 0 Å². The third kappa shape index (κ3) is 3.49. The molecule has 1 aromatic carbocycles. The molecule has 1 aromatic rings. The Hall–Kier alpha value is -1.42. The van der Waals surface area contributed by atoms with Gasteiger partial charge in [-0.3, -0.25) is 4.79 Å². The lowest BCUT2D eigenvalue weighted by molar-refractivity contribution is 0.0890. The van der Waals surface area contributed by atoms with E-state index in [2.05, 4.69) is 19.2 Å². The SMILES string of the molecule is COc1cc(C(=O)N[C@@H]2CCC[C@@H](C)[C@@H]2C)cc(Cl)c1OC. The second-order valence-electron chi connectivity index (χ2n) is 6.04. The molecule has 122 valence electrons. The number of amides is 1. The van der Waals surface area contributed by atoms with Crippen molar-refractivity contribution in [1.82, 2.24) is 5.32 Å². The lowest BCUT2D eigenvalue weighted by atomic mass is 9.78. The Kier molecular flexibility index (Phi) is 5.57. The quantitative estimate of drug-likeness (QED) is 0.913. The fraction of sp³-hybridized carbons (Fsp3) is 0.588. The largest absolute Gasteiger partial charge is 0.493 e. The molecule has 0 aromatic heterocycles. The van der Waals surface area contributed by atoms with E-state index in [1.165, 1.54) is 20.6 Å². The number of rotatable bonds is 4. The van der Waals surface area contributed by atoms with Gasteiger partial charge >= 0.3 is 0 Å². The van der Waals surface area contributed by atoms with Gasteiger partial charge in [-0.2, -0.15) is 0 Å². The van der Waals surface area contributed by atoms with E-state index in [9.17, 15) is 4.79 Å². The zero-order valence-corrected chi connectivity index (χ0v) is 14.4. The summed E-state index contributed by atoms with van der Waals surface area (Å²) in [5.74, 6) is 1.90. The molecule has 1 fully saturated rings. The number of carbonyl (C=O) groups is 1. The van der Waals surface area contributed by atoms with Gasteiger partial charge in [-0.25, -0.2) is 0 Å². The smallest absolute Gasteiger partial charge is 0.251 e. The summed E-state index contributed by atoms with van der Waals surface area (Å²) in [6.07, 6.45) is 3.41. The van der Waals surface area contributed by atoms with Gasteiger partial charge in [0.25, 0.3) is 5.91 Å². The van der Waals surface area contributed by atoms with E-state index in [-0.39, 0.29) is 11.9 Å². The highest BCUT2D eigenvalue weighted by atomic mass is 35.5. The molecule has 4 nitrogen and oxygen atoms in total. The van der Waals surface area contributed by atoms with Crippen molar-refractivity contribution in [2.45, 2.75) is 39.2 Å². The molecule has 0 aliphatic heterocycles. The lowest BCUT2D eigenvalue weighted by Crippen LogP contribution is -2.43. The van der Waals surface area contributed by atoms with Gasteiger partial charge in [-0.05, 0) is 30.4 Å². The minimum Gasteiger partial charge on any atom is -0.493 e. The summed E-state index contributed by atoms with van der Waals surface area (Å²) in [7, 11) is 3.05. The van der Waals surface area contributed by atoms with E-state index < -0.39 is 0 Å². The monoisotopic (exact) mass is 325 g/mol. The van der Waals surface area contributed by atoms with Crippen molar-refractivity contribution in [3.05, 3.63) is 22.7 Å². The maximum atomic E-state index is 12.5. The molecule has 2 rings (SSSR count). The van der Waals surface area contributed by atoms with E-state index in [4.69, 9.17) is 21.1 Å². The number of methoxy groups -OCH3 is 2. The molecule has 0 heterocycles. The van der Waals surface area contributed by atoms with Crippen LogP contribution in [0.4, 0.5) is 0 Å². The minimum atomic E-state index is -0.117. The van der Waals surface area contributed by atoms with Crippen LogP contribution in [0.5, 0.6) is 11.5 Å². The van der Waals surface area contributed by atoms with Crippen molar-refractivity contribution >= 4 is 17.5 Å². The average Bonchev–Trinajstić information content (AvgIpc) is 2.50. The molecule has 1 N–H and O–H groups in total. The van der Waals surface area contributed by atoms with Gasteiger partial charge in [0.05, 0.1) is 19.2 Å². The first-order valence-electron chi connectivity index (χ1n) is 7.70. The number of carbonyl (C=O) groups excluding carboxylic acids is 1. The fourth-order valence-electron chi connectivity index (χ4n) is 3.09. The predicted molar refractivity (Wildman–Crippen MR) is 88.0 cm³/mol. The Morgan fingerprint density at radius 3 is 2.59 bits per heavy atom. The molecule has 0 radical (unpaired) electrons. The minimum absolute atomic E-state index is 0.117. The zero-order valence-electron chi connectivity index (χ0n) is 13.6. The molecule has 1 aliphatic carbocycles. The van der Waals surface area contributed by atoms with Crippen LogP contribution in [0.15, 0.2) is 12.1 Å².